The number of benzene rings is 1. The maximum Gasteiger partial charge on any atom is 0.315 e. The van der Waals surface area contributed by atoms with Crippen molar-refractivity contribution in [2.75, 3.05) is 0 Å². The summed E-state index contributed by atoms with van der Waals surface area (Å²) in [5.41, 5.74) is 4.25. The van der Waals surface area contributed by atoms with E-state index in [1.807, 2.05) is 29.8 Å². The average Bonchev–Trinajstić information content (AvgIpc) is 2.93. The van der Waals surface area contributed by atoms with Crippen molar-refractivity contribution in [3.63, 3.8) is 0 Å². The zero-order valence-corrected chi connectivity index (χ0v) is 16.9. The van der Waals surface area contributed by atoms with Crippen molar-refractivity contribution in [1.29, 1.82) is 0 Å². The standard InChI is InChI=1S/C23H30N4O/c1-15-21(16(2)27(26-15)20-6-4-3-5-7-20)14-24-22(28)25-23-11-17-8-18(12-23)10-19(9-17)13-23/h3-7,17-19H,8-14H2,1-2H3,(H2,24,25,28). The number of carbonyl (C=O) groups is 1. The number of nitrogens with one attached hydrogen (secondary N) is 2. The molecule has 148 valence electrons. The van der Waals surface area contributed by atoms with E-state index in [9.17, 15) is 4.79 Å². The van der Waals surface area contributed by atoms with Crippen LogP contribution in [0.25, 0.3) is 5.69 Å². The van der Waals surface area contributed by atoms with Gasteiger partial charge in [0, 0.05) is 23.3 Å². The summed E-state index contributed by atoms with van der Waals surface area (Å²) in [6.45, 7) is 4.60. The molecule has 28 heavy (non-hydrogen) atoms. The maximum absolute atomic E-state index is 12.8. The average molecular weight is 379 g/mol. The van der Waals surface area contributed by atoms with Crippen LogP contribution in [0.5, 0.6) is 0 Å². The van der Waals surface area contributed by atoms with Crippen LogP contribution in [0.2, 0.25) is 0 Å². The number of aromatic nitrogens is 2. The van der Waals surface area contributed by atoms with Crippen LogP contribution in [0.1, 0.15) is 55.5 Å². The Labute approximate surface area is 166 Å². The fourth-order valence-electron chi connectivity index (χ4n) is 6.47. The monoisotopic (exact) mass is 378 g/mol. The predicted octanol–water partition coefficient (Wildman–Crippen LogP) is 4.26. The van der Waals surface area contributed by atoms with E-state index in [2.05, 4.69) is 34.8 Å². The number of rotatable bonds is 4. The topological polar surface area (TPSA) is 59.0 Å². The fraction of sp³-hybridized carbons (Fsp3) is 0.565. The molecule has 4 fully saturated rings. The molecule has 0 radical (unpaired) electrons. The van der Waals surface area contributed by atoms with Crippen molar-refractivity contribution >= 4 is 6.03 Å². The van der Waals surface area contributed by atoms with Gasteiger partial charge in [0.15, 0.2) is 0 Å². The van der Waals surface area contributed by atoms with Crippen LogP contribution in [0.4, 0.5) is 4.79 Å². The van der Waals surface area contributed by atoms with Crippen LogP contribution in [-0.4, -0.2) is 21.4 Å². The Morgan fingerprint density at radius 1 is 1.07 bits per heavy atom. The van der Waals surface area contributed by atoms with Gasteiger partial charge in [-0.25, -0.2) is 9.48 Å². The van der Waals surface area contributed by atoms with Crippen LogP contribution >= 0.6 is 0 Å². The third-order valence-corrected chi connectivity index (χ3v) is 7.28. The Bertz CT molecular complexity index is 850. The highest BCUT2D eigenvalue weighted by Crippen LogP contribution is 2.55. The molecule has 0 spiro atoms. The molecular formula is C23H30N4O. The van der Waals surface area contributed by atoms with Crippen molar-refractivity contribution < 1.29 is 4.79 Å². The Morgan fingerprint density at radius 3 is 2.29 bits per heavy atom. The van der Waals surface area contributed by atoms with Gasteiger partial charge in [-0.15, -0.1) is 0 Å². The number of urea groups is 1. The van der Waals surface area contributed by atoms with Gasteiger partial charge >= 0.3 is 6.03 Å². The van der Waals surface area contributed by atoms with Crippen molar-refractivity contribution in [3.8, 4) is 5.69 Å². The molecule has 0 atom stereocenters. The first-order valence-electron chi connectivity index (χ1n) is 10.7. The van der Waals surface area contributed by atoms with E-state index in [1.165, 1.54) is 38.5 Å². The zero-order valence-electron chi connectivity index (χ0n) is 16.9. The van der Waals surface area contributed by atoms with E-state index in [0.29, 0.717) is 6.54 Å². The van der Waals surface area contributed by atoms with E-state index >= 15 is 0 Å². The highest BCUT2D eigenvalue weighted by atomic mass is 16.2. The lowest BCUT2D eigenvalue weighted by atomic mass is 9.53. The number of aryl methyl sites for hydroxylation is 1. The molecule has 0 aliphatic heterocycles. The number of para-hydroxylation sites is 1. The van der Waals surface area contributed by atoms with E-state index in [0.717, 1.165) is 40.4 Å². The summed E-state index contributed by atoms with van der Waals surface area (Å²) < 4.78 is 1.96. The minimum absolute atomic E-state index is 0.0202. The van der Waals surface area contributed by atoms with Gasteiger partial charge in [-0.1, -0.05) is 18.2 Å². The Hall–Kier alpha value is -2.30. The van der Waals surface area contributed by atoms with Gasteiger partial charge in [-0.2, -0.15) is 5.10 Å². The molecule has 4 aliphatic rings. The van der Waals surface area contributed by atoms with Gasteiger partial charge in [0.2, 0.25) is 0 Å². The van der Waals surface area contributed by atoms with E-state index in [4.69, 9.17) is 0 Å². The first-order chi connectivity index (χ1) is 13.5. The molecule has 1 aromatic carbocycles. The molecule has 0 saturated heterocycles. The predicted molar refractivity (Wildman–Crippen MR) is 109 cm³/mol. The van der Waals surface area contributed by atoms with Crippen molar-refractivity contribution in [2.24, 2.45) is 17.8 Å². The summed E-state index contributed by atoms with van der Waals surface area (Å²) >= 11 is 0. The number of carbonyl (C=O) groups excluding carboxylic acids is 1. The third kappa shape index (κ3) is 3.11. The minimum Gasteiger partial charge on any atom is -0.334 e. The largest absolute Gasteiger partial charge is 0.334 e. The summed E-state index contributed by atoms with van der Waals surface area (Å²) in [6, 6.07) is 10.1. The van der Waals surface area contributed by atoms with E-state index in [1.54, 1.807) is 0 Å². The Kier molecular flexibility index (Phi) is 4.22. The molecule has 4 saturated carbocycles. The summed E-state index contributed by atoms with van der Waals surface area (Å²) in [5.74, 6) is 2.50. The second kappa shape index (κ2) is 6.64. The van der Waals surface area contributed by atoms with Gasteiger partial charge in [0.1, 0.15) is 0 Å². The molecular weight excluding hydrogens is 348 g/mol. The van der Waals surface area contributed by atoms with E-state index < -0.39 is 0 Å². The van der Waals surface area contributed by atoms with Gasteiger partial charge in [0.05, 0.1) is 11.4 Å². The molecule has 0 unspecified atom stereocenters. The SMILES string of the molecule is Cc1nn(-c2ccccc2)c(C)c1CNC(=O)NC12CC3CC(CC(C3)C1)C2. The van der Waals surface area contributed by atoms with Gasteiger partial charge in [0.25, 0.3) is 0 Å². The lowest BCUT2D eigenvalue weighted by molar-refractivity contribution is -0.0135. The van der Waals surface area contributed by atoms with Crippen LogP contribution in [0, 0.1) is 31.6 Å². The van der Waals surface area contributed by atoms with E-state index in [-0.39, 0.29) is 11.6 Å². The quantitative estimate of drug-likeness (QED) is 0.835. The summed E-state index contributed by atoms with van der Waals surface area (Å²) in [4.78, 5) is 12.8. The lowest BCUT2D eigenvalue weighted by Crippen LogP contribution is -2.61. The van der Waals surface area contributed by atoms with Crippen LogP contribution in [0.3, 0.4) is 0 Å². The van der Waals surface area contributed by atoms with Gasteiger partial charge in [-0.05, 0) is 82.3 Å². The molecule has 4 aliphatic carbocycles. The number of nitrogens with zero attached hydrogens (tertiary/aromatic N) is 2. The second-order valence-electron chi connectivity index (χ2n) is 9.40. The van der Waals surface area contributed by atoms with Crippen molar-refractivity contribution in [1.82, 2.24) is 20.4 Å². The van der Waals surface area contributed by atoms with Crippen LogP contribution in [0.15, 0.2) is 30.3 Å². The highest BCUT2D eigenvalue weighted by molar-refractivity contribution is 5.75. The van der Waals surface area contributed by atoms with Crippen molar-refractivity contribution in [3.05, 3.63) is 47.3 Å². The number of hydrogen-bond acceptors (Lipinski definition) is 2. The highest BCUT2D eigenvalue weighted by Gasteiger charge is 2.51. The van der Waals surface area contributed by atoms with Gasteiger partial charge < -0.3 is 10.6 Å². The molecule has 1 aromatic heterocycles. The Balaban J connectivity index is 1.26. The molecule has 4 bridgehead atoms. The number of amides is 2. The number of hydrogen-bond donors (Lipinski definition) is 2. The van der Waals surface area contributed by atoms with Gasteiger partial charge in [-0.3, -0.25) is 0 Å². The second-order valence-corrected chi connectivity index (χ2v) is 9.40. The smallest absolute Gasteiger partial charge is 0.315 e. The Morgan fingerprint density at radius 2 is 1.68 bits per heavy atom. The maximum atomic E-state index is 12.8. The third-order valence-electron chi connectivity index (χ3n) is 7.28. The zero-order chi connectivity index (χ0) is 19.3. The van der Waals surface area contributed by atoms with Crippen molar-refractivity contribution in [2.45, 2.75) is 64.5 Å². The summed E-state index contributed by atoms with van der Waals surface area (Å²) in [7, 11) is 0. The molecule has 1 heterocycles. The molecule has 6 rings (SSSR count). The first-order valence-corrected chi connectivity index (χ1v) is 10.7. The molecule has 2 N–H and O–H groups in total. The summed E-state index contributed by atoms with van der Waals surface area (Å²) in [6.07, 6.45) is 7.70. The lowest BCUT2D eigenvalue weighted by Gasteiger charge is -2.56. The first kappa shape index (κ1) is 17.8. The normalized spacial score (nSPS) is 30.4. The molecule has 5 nitrogen and oxygen atoms in total. The molecule has 2 aromatic rings. The summed E-state index contributed by atoms with van der Waals surface area (Å²) in [5, 5.41) is 11.2. The minimum atomic E-state index is -0.0202. The molecule has 5 heteroatoms. The fourth-order valence-corrected chi connectivity index (χ4v) is 6.47. The van der Waals surface area contributed by atoms with Crippen LogP contribution < -0.4 is 10.6 Å². The molecule has 2 amide bonds. The van der Waals surface area contributed by atoms with Crippen LogP contribution in [-0.2, 0) is 6.54 Å².